The van der Waals surface area contributed by atoms with Gasteiger partial charge in [0.15, 0.2) is 11.5 Å². The first-order valence-electron chi connectivity index (χ1n) is 13.4. The van der Waals surface area contributed by atoms with Crippen molar-refractivity contribution in [1.82, 2.24) is 29.7 Å². The topological polar surface area (TPSA) is 127 Å². The highest BCUT2D eigenvalue weighted by atomic mass is 16.7. The fourth-order valence-electron chi connectivity index (χ4n) is 5.02. The monoisotopic (exact) mass is 554 g/mol. The van der Waals surface area contributed by atoms with E-state index in [-0.39, 0.29) is 37.2 Å². The number of ether oxygens (including phenoxy) is 2. The maximum Gasteiger partial charge on any atom is 0.321 e. The molecule has 1 saturated heterocycles. The minimum Gasteiger partial charge on any atom is -0.454 e. The van der Waals surface area contributed by atoms with Crippen molar-refractivity contribution in [1.29, 1.82) is 0 Å². The highest BCUT2D eigenvalue weighted by Crippen LogP contribution is 2.34. The number of piperazine rings is 1. The molecule has 12 heteroatoms. The first kappa shape index (κ1) is 26.1. The maximum atomic E-state index is 13.4. The van der Waals surface area contributed by atoms with Gasteiger partial charge >= 0.3 is 6.03 Å². The number of imidazole rings is 1. The molecule has 2 unspecified atom stereocenters. The van der Waals surface area contributed by atoms with Crippen LogP contribution in [0.25, 0.3) is 5.95 Å². The van der Waals surface area contributed by atoms with Gasteiger partial charge in [0, 0.05) is 50.3 Å². The Kier molecular flexibility index (Phi) is 7.35. The quantitative estimate of drug-likeness (QED) is 0.356. The lowest BCUT2D eigenvalue weighted by atomic mass is 10.1. The smallest absolute Gasteiger partial charge is 0.321 e. The Morgan fingerprint density at radius 2 is 1.90 bits per heavy atom. The molecule has 0 radical (unpaired) electrons. The SMILES string of the molecule is CC(NC(=O)CC1CN(C(=O)Nc2ccccc2)CCN1c1ccnc(-n2ccnc2)n1)c1ccc2c(c1)OCO2. The van der Waals surface area contributed by atoms with Crippen LogP contribution in [0.15, 0.2) is 79.5 Å². The second kappa shape index (κ2) is 11.5. The standard InChI is InChI=1S/C29H30N8O4/c1-20(21-7-8-24-25(15-21)41-19-40-24)32-27(38)16-23-17-35(29(39)33-22-5-3-2-4-6-22)13-14-37(23)26-9-10-31-28(34-26)36-12-11-30-18-36/h2-12,15,18,20,23H,13-14,16-17,19H2,1H3,(H,32,38)(H,33,39). The minimum atomic E-state index is -0.320. The Bertz CT molecular complexity index is 1510. The summed E-state index contributed by atoms with van der Waals surface area (Å²) >= 11 is 0. The molecule has 2 aliphatic heterocycles. The number of hydrogen-bond acceptors (Lipinski definition) is 8. The molecule has 1 fully saturated rings. The van der Waals surface area contributed by atoms with Crippen LogP contribution < -0.4 is 25.0 Å². The van der Waals surface area contributed by atoms with Crippen molar-refractivity contribution in [3.63, 3.8) is 0 Å². The number of nitrogens with zero attached hydrogens (tertiary/aromatic N) is 6. The number of rotatable bonds is 7. The van der Waals surface area contributed by atoms with Gasteiger partial charge in [-0.3, -0.25) is 9.36 Å². The maximum absolute atomic E-state index is 13.4. The molecule has 3 amide bonds. The number of benzene rings is 2. The summed E-state index contributed by atoms with van der Waals surface area (Å²) in [6, 6.07) is 16.0. The van der Waals surface area contributed by atoms with Crippen LogP contribution in [0.1, 0.15) is 24.9 Å². The molecule has 2 N–H and O–H groups in total. The van der Waals surface area contributed by atoms with E-state index in [1.165, 1.54) is 0 Å². The van der Waals surface area contributed by atoms with E-state index in [0.717, 1.165) is 5.56 Å². The van der Waals surface area contributed by atoms with E-state index in [0.29, 0.717) is 48.6 Å². The van der Waals surface area contributed by atoms with E-state index in [2.05, 4.69) is 25.5 Å². The molecule has 0 spiro atoms. The molecule has 210 valence electrons. The third-order valence-electron chi connectivity index (χ3n) is 7.15. The van der Waals surface area contributed by atoms with Crippen molar-refractivity contribution < 1.29 is 19.1 Å². The number of para-hydroxylation sites is 1. The van der Waals surface area contributed by atoms with Gasteiger partial charge in [-0.15, -0.1) is 0 Å². The fraction of sp³-hybridized carbons (Fsp3) is 0.276. The Morgan fingerprint density at radius 1 is 1.05 bits per heavy atom. The molecule has 41 heavy (non-hydrogen) atoms. The lowest BCUT2D eigenvalue weighted by Crippen LogP contribution is -2.57. The first-order chi connectivity index (χ1) is 20.0. The minimum absolute atomic E-state index is 0.139. The molecular formula is C29H30N8O4. The van der Waals surface area contributed by atoms with Crippen LogP contribution in [-0.4, -0.2) is 68.8 Å². The zero-order valence-electron chi connectivity index (χ0n) is 22.5. The summed E-state index contributed by atoms with van der Waals surface area (Å²) in [6.45, 7) is 3.43. The van der Waals surface area contributed by atoms with Crippen molar-refractivity contribution >= 4 is 23.4 Å². The summed E-state index contributed by atoms with van der Waals surface area (Å²) < 4.78 is 12.6. The zero-order chi connectivity index (χ0) is 28.2. The third kappa shape index (κ3) is 5.91. The predicted octanol–water partition coefficient (Wildman–Crippen LogP) is 3.38. The van der Waals surface area contributed by atoms with Crippen LogP contribution in [0.4, 0.5) is 16.3 Å². The third-order valence-corrected chi connectivity index (χ3v) is 7.15. The number of fused-ring (bicyclic) bond motifs is 1. The number of nitrogens with one attached hydrogen (secondary N) is 2. The summed E-state index contributed by atoms with van der Waals surface area (Å²) in [5.74, 6) is 2.37. The van der Waals surface area contributed by atoms with E-state index in [1.54, 1.807) is 34.4 Å². The lowest BCUT2D eigenvalue weighted by Gasteiger charge is -2.42. The van der Waals surface area contributed by atoms with Crippen molar-refractivity contribution in [3.05, 3.63) is 85.1 Å². The molecule has 12 nitrogen and oxygen atoms in total. The molecule has 0 aliphatic carbocycles. The van der Waals surface area contributed by atoms with Gasteiger partial charge in [-0.05, 0) is 42.8 Å². The highest BCUT2D eigenvalue weighted by Gasteiger charge is 2.33. The molecule has 2 atom stereocenters. The molecule has 0 bridgehead atoms. The Morgan fingerprint density at radius 3 is 2.73 bits per heavy atom. The van der Waals surface area contributed by atoms with Gasteiger partial charge in [0.2, 0.25) is 18.6 Å². The van der Waals surface area contributed by atoms with Gasteiger partial charge in [0.05, 0.1) is 12.1 Å². The second-order valence-electron chi connectivity index (χ2n) is 9.88. The Balaban J connectivity index is 1.19. The first-order valence-corrected chi connectivity index (χ1v) is 13.4. The summed E-state index contributed by atoms with van der Waals surface area (Å²) in [5, 5.41) is 6.05. The predicted molar refractivity (Wildman–Crippen MR) is 151 cm³/mol. The normalized spacial score (nSPS) is 16.8. The van der Waals surface area contributed by atoms with Gasteiger partial charge in [0.1, 0.15) is 12.1 Å². The molecule has 4 heterocycles. The molecule has 4 aromatic rings. The number of hydrogen-bond donors (Lipinski definition) is 2. The van der Waals surface area contributed by atoms with Gasteiger partial charge in [0.25, 0.3) is 0 Å². The highest BCUT2D eigenvalue weighted by molar-refractivity contribution is 5.89. The molecule has 2 aliphatic rings. The van der Waals surface area contributed by atoms with E-state index in [4.69, 9.17) is 14.5 Å². The van der Waals surface area contributed by atoms with E-state index in [9.17, 15) is 9.59 Å². The van der Waals surface area contributed by atoms with E-state index in [1.807, 2.05) is 61.5 Å². The molecule has 6 rings (SSSR count). The number of urea groups is 1. The van der Waals surface area contributed by atoms with Gasteiger partial charge in [-0.2, -0.15) is 4.98 Å². The van der Waals surface area contributed by atoms with E-state index < -0.39 is 0 Å². The van der Waals surface area contributed by atoms with Crippen LogP contribution in [-0.2, 0) is 4.79 Å². The van der Waals surface area contributed by atoms with Crippen LogP contribution in [0.3, 0.4) is 0 Å². The van der Waals surface area contributed by atoms with Gasteiger partial charge in [-0.1, -0.05) is 24.3 Å². The summed E-state index contributed by atoms with van der Waals surface area (Å²) in [5.41, 5.74) is 1.63. The zero-order valence-corrected chi connectivity index (χ0v) is 22.5. The van der Waals surface area contributed by atoms with Crippen LogP contribution in [0, 0.1) is 0 Å². The number of aromatic nitrogens is 4. The van der Waals surface area contributed by atoms with Crippen molar-refractivity contribution in [2.24, 2.45) is 0 Å². The molecule has 2 aromatic heterocycles. The average molecular weight is 555 g/mol. The largest absolute Gasteiger partial charge is 0.454 e. The number of amides is 3. The number of anilines is 2. The molecule has 2 aromatic carbocycles. The molecular weight excluding hydrogens is 524 g/mol. The Hall–Kier alpha value is -5.13. The fourth-order valence-corrected chi connectivity index (χ4v) is 5.02. The van der Waals surface area contributed by atoms with Gasteiger partial charge < -0.3 is 29.9 Å². The van der Waals surface area contributed by atoms with Crippen LogP contribution in [0.5, 0.6) is 11.5 Å². The lowest BCUT2D eigenvalue weighted by molar-refractivity contribution is -0.122. The summed E-state index contributed by atoms with van der Waals surface area (Å²) in [4.78, 5) is 43.5. The van der Waals surface area contributed by atoms with Crippen LogP contribution >= 0.6 is 0 Å². The van der Waals surface area contributed by atoms with Crippen LogP contribution in [0.2, 0.25) is 0 Å². The summed E-state index contributed by atoms with van der Waals surface area (Å²) in [7, 11) is 0. The second-order valence-corrected chi connectivity index (χ2v) is 9.88. The van der Waals surface area contributed by atoms with Crippen molar-refractivity contribution in [3.8, 4) is 17.4 Å². The Labute approximate surface area is 236 Å². The van der Waals surface area contributed by atoms with Crippen molar-refractivity contribution in [2.45, 2.75) is 25.4 Å². The van der Waals surface area contributed by atoms with Gasteiger partial charge in [-0.25, -0.2) is 14.8 Å². The number of carbonyl (C=O) groups is 2. The summed E-state index contributed by atoms with van der Waals surface area (Å²) in [6.07, 6.45) is 6.91. The van der Waals surface area contributed by atoms with Crippen molar-refractivity contribution in [2.75, 3.05) is 36.6 Å². The number of carbonyl (C=O) groups excluding carboxylic acids is 2. The molecule has 0 saturated carbocycles. The van der Waals surface area contributed by atoms with E-state index >= 15 is 0 Å². The average Bonchev–Trinajstić information content (AvgIpc) is 3.70.